The molecule has 5 nitrogen and oxygen atoms in total. The molecule has 3 rings (SSSR count). The molecule has 0 atom stereocenters. The number of ether oxygens (including phenoxy) is 1. The highest BCUT2D eigenvalue weighted by atomic mass is 32.1. The Labute approximate surface area is 140 Å². The van der Waals surface area contributed by atoms with Crippen molar-refractivity contribution >= 4 is 17.2 Å². The van der Waals surface area contributed by atoms with Crippen molar-refractivity contribution in [3.63, 3.8) is 0 Å². The molecule has 0 saturated heterocycles. The Morgan fingerprint density at radius 1 is 1.43 bits per heavy atom. The maximum Gasteiger partial charge on any atom is 0.268 e. The number of aromatic nitrogens is 2. The van der Waals surface area contributed by atoms with E-state index in [1.807, 2.05) is 24.1 Å². The van der Waals surface area contributed by atoms with E-state index < -0.39 is 0 Å². The van der Waals surface area contributed by atoms with E-state index in [9.17, 15) is 4.79 Å². The van der Waals surface area contributed by atoms with Gasteiger partial charge in [-0.2, -0.15) is 0 Å². The normalized spacial score (nSPS) is 13.5. The van der Waals surface area contributed by atoms with Crippen LogP contribution in [0.3, 0.4) is 0 Å². The highest BCUT2D eigenvalue weighted by molar-refractivity contribution is 7.14. The van der Waals surface area contributed by atoms with Gasteiger partial charge in [0.05, 0.1) is 19.3 Å². The van der Waals surface area contributed by atoms with Gasteiger partial charge in [-0.1, -0.05) is 13.8 Å². The summed E-state index contributed by atoms with van der Waals surface area (Å²) in [6, 6.07) is 1.90. The molecule has 1 aliphatic rings. The van der Waals surface area contributed by atoms with Crippen LogP contribution in [-0.2, 0) is 19.5 Å². The molecule has 3 heterocycles. The van der Waals surface area contributed by atoms with E-state index >= 15 is 0 Å². The summed E-state index contributed by atoms with van der Waals surface area (Å²) in [5.74, 6) is 2.03. The van der Waals surface area contributed by atoms with Crippen molar-refractivity contribution in [3.8, 4) is 5.75 Å². The van der Waals surface area contributed by atoms with Crippen LogP contribution in [0.4, 0.5) is 0 Å². The van der Waals surface area contributed by atoms with Crippen molar-refractivity contribution in [2.45, 2.75) is 40.3 Å². The minimum atomic E-state index is 0.00311. The van der Waals surface area contributed by atoms with Gasteiger partial charge in [-0.25, -0.2) is 9.97 Å². The molecule has 0 aliphatic carbocycles. The standard InChI is InChI=1S/C17H21N3O2S/c1-10(2)5-15-18-7-12-8-20(9-13(12)19-15)17(21)16-14(22-4)6-11(3)23-16/h6-7,10H,5,8-9H2,1-4H3. The summed E-state index contributed by atoms with van der Waals surface area (Å²) >= 11 is 1.47. The van der Waals surface area contributed by atoms with Crippen molar-refractivity contribution in [2.75, 3.05) is 7.11 Å². The van der Waals surface area contributed by atoms with Crippen LogP contribution in [0.2, 0.25) is 0 Å². The number of nitrogens with zero attached hydrogens (tertiary/aromatic N) is 3. The molecule has 1 aliphatic heterocycles. The fraction of sp³-hybridized carbons (Fsp3) is 0.471. The van der Waals surface area contributed by atoms with E-state index in [2.05, 4.69) is 23.8 Å². The number of fused-ring (bicyclic) bond motifs is 1. The lowest BCUT2D eigenvalue weighted by molar-refractivity contribution is 0.0752. The van der Waals surface area contributed by atoms with Gasteiger partial charge in [0.15, 0.2) is 0 Å². The summed E-state index contributed by atoms with van der Waals surface area (Å²) in [4.78, 5) is 25.4. The molecule has 6 heteroatoms. The molecule has 0 spiro atoms. The van der Waals surface area contributed by atoms with Crippen LogP contribution in [-0.4, -0.2) is 27.9 Å². The molecule has 0 unspecified atom stereocenters. The number of hydrogen-bond acceptors (Lipinski definition) is 5. The van der Waals surface area contributed by atoms with Crippen LogP contribution in [0.25, 0.3) is 0 Å². The zero-order valence-electron chi connectivity index (χ0n) is 13.9. The van der Waals surface area contributed by atoms with Gasteiger partial charge < -0.3 is 9.64 Å². The smallest absolute Gasteiger partial charge is 0.268 e. The Kier molecular flexibility index (Phi) is 4.35. The van der Waals surface area contributed by atoms with Crippen molar-refractivity contribution in [1.82, 2.24) is 14.9 Å². The van der Waals surface area contributed by atoms with E-state index in [4.69, 9.17) is 4.74 Å². The van der Waals surface area contributed by atoms with Gasteiger partial charge in [0.2, 0.25) is 0 Å². The van der Waals surface area contributed by atoms with Gasteiger partial charge >= 0.3 is 0 Å². The van der Waals surface area contributed by atoms with Gasteiger partial charge in [0.25, 0.3) is 5.91 Å². The Morgan fingerprint density at radius 3 is 2.91 bits per heavy atom. The molecule has 0 aromatic carbocycles. The third-order valence-electron chi connectivity index (χ3n) is 3.82. The number of thiophene rings is 1. The first-order valence-corrected chi connectivity index (χ1v) is 8.57. The van der Waals surface area contributed by atoms with Crippen molar-refractivity contribution in [1.29, 1.82) is 0 Å². The second-order valence-electron chi connectivity index (χ2n) is 6.27. The number of methoxy groups -OCH3 is 1. The fourth-order valence-corrected chi connectivity index (χ4v) is 3.68. The van der Waals surface area contributed by atoms with Crippen LogP contribution < -0.4 is 4.74 Å². The molecular weight excluding hydrogens is 310 g/mol. The molecule has 122 valence electrons. The van der Waals surface area contributed by atoms with Crippen LogP contribution in [0.1, 0.15) is 45.5 Å². The van der Waals surface area contributed by atoms with Crippen molar-refractivity contribution in [2.24, 2.45) is 5.92 Å². The first-order valence-electron chi connectivity index (χ1n) is 7.75. The second kappa shape index (κ2) is 6.28. The summed E-state index contributed by atoms with van der Waals surface area (Å²) in [5.41, 5.74) is 2.01. The Hall–Kier alpha value is -1.95. The van der Waals surface area contributed by atoms with Crippen molar-refractivity contribution in [3.05, 3.63) is 39.1 Å². The SMILES string of the molecule is COc1cc(C)sc1C(=O)N1Cc2cnc(CC(C)C)nc2C1. The molecule has 0 saturated carbocycles. The highest BCUT2D eigenvalue weighted by Gasteiger charge is 2.29. The largest absolute Gasteiger partial charge is 0.495 e. The Bertz CT molecular complexity index is 739. The fourth-order valence-electron chi connectivity index (χ4n) is 2.74. The average molecular weight is 331 g/mol. The van der Waals surface area contributed by atoms with Crippen LogP contribution in [0, 0.1) is 12.8 Å². The number of hydrogen-bond donors (Lipinski definition) is 0. The molecule has 1 amide bonds. The van der Waals surface area contributed by atoms with Crippen LogP contribution in [0.15, 0.2) is 12.3 Å². The maximum absolute atomic E-state index is 12.8. The van der Waals surface area contributed by atoms with E-state index in [0.29, 0.717) is 29.6 Å². The van der Waals surface area contributed by atoms with E-state index in [0.717, 1.165) is 28.4 Å². The summed E-state index contributed by atoms with van der Waals surface area (Å²) in [6.07, 6.45) is 2.73. The molecule has 0 bridgehead atoms. The van der Waals surface area contributed by atoms with Crippen molar-refractivity contribution < 1.29 is 9.53 Å². The number of carbonyl (C=O) groups excluding carboxylic acids is 1. The van der Waals surface area contributed by atoms with E-state index in [1.54, 1.807) is 7.11 Å². The van der Waals surface area contributed by atoms with Gasteiger partial charge in [-0.3, -0.25) is 4.79 Å². The monoisotopic (exact) mass is 331 g/mol. The third-order valence-corrected chi connectivity index (χ3v) is 4.84. The van der Waals surface area contributed by atoms with Gasteiger partial charge in [0.1, 0.15) is 16.5 Å². The zero-order valence-corrected chi connectivity index (χ0v) is 14.7. The molecule has 0 radical (unpaired) electrons. The lowest BCUT2D eigenvalue weighted by Gasteiger charge is -2.14. The topological polar surface area (TPSA) is 55.3 Å². The number of carbonyl (C=O) groups is 1. The lowest BCUT2D eigenvalue weighted by atomic mass is 10.1. The predicted molar refractivity (Wildman–Crippen MR) is 89.8 cm³/mol. The summed E-state index contributed by atoms with van der Waals surface area (Å²) in [6.45, 7) is 7.39. The van der Waals surface area contributed by atoms with Gasteiger partial charge in [-0.05, 0) is 18.9 Å². The first kappa shape index (κ1) is 15.9. The van der Waals surface area contributed by atoms with Crippen LogP contribution in [0.5, 0.6) is 5.75 Å². The summed E-state index contributed by atoms with van der Waals surface area (Å²) in [7, 11) is 1.60. The predicted octanol–water partition coefficient (Wildman–Crippen LogP) is 3.21. The minimum absolute atomic E-state index is 0.00311. The summed E-state index contributed by atoms with van der Waals surface area (Å²) < 4.78 is 5.32. The quantitative estimate of drug-likeness (QED) is 0.863. The summed E-state index contributed by atoms with van der Waals surface area (Å²) in [5, 5.41) is 0. The zero-order chi connectivity index (χ0) is 16.6. The average Bonchev–Trinajstić information content (AvgIpc) is 3.08. The number of rotatable bonds is 4. The maximum atomic E-state index is 12.8. The Balaban J connectivity index is 1.80. The number of amides is 1. The third kappa shape index (κ3) is 3.22. The molecule has 2 aromatic rings. The lowest BCUT2D eigenvalue weighted by Crippen LogP contribution is -2.24. The highest BCUT2D eigenvalue weighted by Crippen LogP contribution is 2.32. The molecular formula is C17H21N3O2S. The second-order valence-corrected chi connectivity index (χ2v) is 7.53. The van der Waals surface area contributed by atoms with Gasteiger partial charge in [0, 0.05) is 29.6 Å². The van der Waals surface area contributed by atoms with E-state index in [1.165, 1.54) is 11.3 Å². The van der Waals surface area contributed by atoms with Gasteiger partial charge in [-0.15, -0.1) is 11.3 Å². The molecule has 0 fully saturated rings. The Morgan fingerprint density at radius 2 is 2.22 bits per heavy atom. The first-order chi connectivity index (χ1) is 11.0. The molecule has 23 heavy (non-hydrogen) atoms. The molecule has 2 aromatic heterocycles. The van der Waals surface area contributed by atoms with Crippen LogP contribution >= 0.6 is 11.3 Å². The minimum Gasteiger partial charge on any atom is -0.495 e. The molecule has 0 N–H and O–H groups in total. The van der Waals surface area contributed by atoms with E-state index in [-0.39, 0.29) is 5.91 Å². The number of aryl methyl sites for hydroxylation is 1.